The predicted octanol–water partition coefficient (Wildman–Crippen LogP) is 0.307. The molecule has 0 N–H and O–H groups in total. The number of piperidine rings is 1. The van der Waals surface area contributed by atoms with Gasteiger partial charge < -0.3 is 9.64 Å². The molecule has 1 aliphatic heterocycles. The quantitative estimate of drug-likeness (QED) is 0.551. The number of carbonyl (C=O) groups excluding carboxylic acids is 3. The molecule has 20 heavy (non-hydrogen) atoms. The maximum atomic E-state index is 12.6. The fourth-order valence-corrected chi connectivity index (χ4v) is 2.22. The number of ether oxygens (including phenoxy) is 1. The molecule has 1 rings (SSSR count). The molecule has 1 atom stereocenters. The molecule has 0 aromatic carbocycles. The number of nitrogens with zero attached hydrogens (tertiary/aromatic N) is 2. The zero-order valence-electron chi connectivity index (χ0n) is 13.1. The van der Waals surface area contributed by atoms with E-state index >= 15 is 0 Å². The lowest BCUT2D eigenvalue weighted by Crippen LogP contribution is -2.60. The van der Waals surface area contributed by atoms with Crippen molar-refractivity contribution < 1.29 is 19.1 Å². The summed E-state index contributed by atoms with van der Waals surface area (Å²) in [7, 11) is 4.91. The molecule has 0 aliphatic carbocycles. The van der Waals surface area contributed by atoms with Crippen LogP contribution >= 0.6 is 0 Å². The first-order valence-corrected chi connectivity index (χ1v) is 6.66. The molecule has 1 aliphatic rings. The Kier molecular flexibility index (Phi) is 4.59. The molecular weight excluding hydrogens is 260 g/mol. The molecule has 0 aromatic rings. The second-order valence-corrected chi connectivity index (χ2v) is 6.18. The van der Waals surface area contributed by atoms with Crippen LogP contribution in [0.25, 0.3) is 0 Å². The van der Waals surface area contributed by atoms with E-state index in [1.165, 1.54) is 7.11 Å². The van der Waals surface area contributed by atoms with Gasteiger partial charge in [-0.05, 0) is 34.9 Å². The summed E-state index contributed by atoms with van der Waals surface area (Å²) in [6, 6.07) is 0. The van der Waals surface area contributed by atoms with Crippen LogP contribution in [0, 0.1) is 5.41 Å². The van der Waals surface area contributed by atoms with E-state index < -0.39 is 16.9 Å². The van der Waals surface area contributed by atoms with Crippen LogP contribution in [0.1, 0.15) is 27.2 Å². The maximum absolute atomic E-state index is 12.6. The number of esters is 1. The van der Waals surface area contributed by atoms with E-state index in [4.69, 9.17) is 4.74 Å². The van der Waals surface area contributed by atoms with Crippen molar-refractivity contribution in [1.29, 1.82) is 0 Å². The highest BCUT2D eigenvalue weighted by atomic mass is 16.5. The summed E-state index contributed by atoms with van der Waals surface area (Å²) >= 11 is 0. The number of ketones is 1. The number of methoxy groups -OCH3 is 1. The summed E-state index contributed by atoms with van der Waals surface area (Å²) in [5.41, 5.74) is -1.94. The number of rotatable bonds is 3. The first-order valence-electron chi connectivity index (χ1n) is 6.66. The highest BCUT2D eigenvalue weighted by Crippen LogP contribution is 2.29. The summed E-state index contributed by atoms with van der Waals surface area (Å²) in [5, 5.41) is 0. The highest BCUT2D eigenvalue weighted by Gasteiger charge is 2.49. The standard InChI is InChI=1S/C14H24N2O4/c1-13(2,15(4)5)11(18)16-8-7-10(17)14(3,9-16)12(19)20-6/h7-9H2,1-6H3. The molecule has 1 fully saturated rings. The average Bonchev–Trinajstić information content (AvgIpc) is 2.39. The zero-order chi connectivity index (χ0) is 15.7. The van der Waals surface area contributed by atoms with Gasteiger partial charge in [0.15, 0.2) is 5.78 Å². The van der Waals surface area contributed by atoms with Gasteiger partial charge in [0.25, 0.3) is 0 Å². The van der Waals surface area contributed by atoms with Gasteiger partial charge in [0.05, 0.1) is 12.6 Å². The molecule has 1 unspecified atom stereocenters. The Morgan fingerprint density at radius 2 is 1.90 bits per heavy atom. The number of Topliss-reactive ketones (excluding diaryl/α,β-unsaturated/α-hetero) is 1. The van der Waals surface area contributed by atoms with Crippen molar-refractivity contribution in [2.45, 2.75) is 32.7 Å². The Hall–Kier alpha value is -1.43. The molecule has 6 nitrogen and oxygen atoms in total. The van der Waals surface area contributed by atoms with Crippen LogP contribution in [0.15, 0.2) is 0 Å². The number of likely N-dealkylation sites (N-methyl/N-ethyl adjacent to an activating group) is 1. The van der Waals surface area contributed by atoms with Crippen LogP contribution < -0.4 is 0 Å². The lowest BCUT2D eigenvalue weighted by atomic mass is 9.80. The highest BCUT2D eigenvalue weighted by molar-refractivity contribution is 6.05. The Morgan fingerprint density at radius 1 is 1.35 bits per heavy atom. The number of carbonyl (C=O) groups is 3. The normalized spacial score (nSPS) is 23.9. The van der Waals surface area contributed by atoms with Gasteiger partial charge in [-0.25, -0.2) is 0 Å². The van der Waals surface area contributed by atoms with Gasteiger partial charge in [0, 0.05) is 19.5 Å². The van der Waals surface area contributed by atoms with Gasteiger partial charge >= 0.3 is 5.97 Å². The van der Waals surface area contributed by atoms with Gasteiger partial charge in [-0.15, -0.1) is 0 Å². The summed E-state index contributed by atoms with van der Waals surface area (Å²) in [4.78, 5) is 39.9. The molecular formula is C14H24N2O4. The summed E-state index contributed by atoms with van der Waals surface area (Å²) < 4.78 is 4.72. The number of hydrogen-bond acceptors (Lipinski definition) is 5. The monoisotopic (exact) mass is 284 g/mol. The van der Waals surface area contributed by atoms with Gasteiger partial charge in [0.2, 0.25) is 5.91 Å². The average molecular weight is 284 g/mol. The molecule has 114 valence electrons. The SMILES string of the molecule is COC(=O)C1(C)CN(C(=O)C(C)(C)N(C)C)CCC1=O. The van der Waals surface area contributed by atoms with Crippen molar-refractivity contribution in [3.05, 3.63) is 0 Å². The molecule has 6 heteroatoms. The minimum Gasteiger partial charge on any atom is -0.468 e. The van der Waals surface area contributed by atoms with Crippen LogP contribution in [0.4, 0.5) is 0 Å². The third kappa shape index (κ3) is 2.70. The van der Waals surface area contributed by atoms with Crippen LogP contribution in [0.2, 0.25) is 0 Å². The Morgan fingerprint density at radius 3 is 2.35 bits per heavy atom. The summed E-state index contributed by atoms with van der Waals surface area (Å²) in [6.07, 6.45) is 0.181. The minimum atomic E-state index is -1.26. The molecule has 0 spiro atoms. The fraction of sp³-hybridized carbons (Fsp3) is 0.786. The molecule has 0 radical (unpaired) electrons. The first-order chi connectivity index (χ1) is 9.07. The smallest absolute Gasteiger partial charge is 0.320 e. The second-order valence-electron chi connectivity index (χ2n) is 6.18. The number of amides is 1. The van der Waals surface area contributed by atoms with Crippen molar-refractivity contribution in [2.24, 2.45) is 5.41 Å². The first kappa shape index (κ1) is 16.6. The Balaban J connectivity index is 2.99. The third-order valence-electron chi connectivity index (χ3n) is 4.30. The van der Waals surface area contributed by atoms with E-state index in [2.05, 4.69) is 0 Å². The second kappa shape index (κ2) is 5.52. The molecule has 0 saturated carbocycles. The van der Waals surface area contributed by atoms with Crippen molar-refractivity contribution >= 4 is 17.7 Å². The van der Waals surface area contributed by atoms with Crippen molar-refractivity contribution in [2.75, 3.05) is 34.3 Å². The van der Waals surface area contributed by atoms with E-state index in [-0.39, 0.29) is 24.7 Å². The van der Waals surface area contributed by atoms with E-state index in [1.54, 1.807) is 11.8 Å². The van der Waals surface area contributed by atoms with Gasteiger partial charge in [0.1, 0.15) is 5.41 Å². The Labute approximate surface area is 120 Å². The van der Waals surface area contributed by atoms with Crippen LogP contribution in [0.5, 0.6) is 0 Å². The van der Waals surface area contributed by atoms with Crippen LogP contribution in [-0.4, -0.2) is 67.3 Å². The summed E-state index contributed by atoms with van der Waals surface area (Å²) in [6.45, 7) is 5.61. The topological polar surface area (TPSA) is 66.9 Å². The van der Waals surface area contributed by atoms with Crippen LogP contribution in [-0.2, 0) is 19.1 Å². The lowest BCUT2D eigenvalue weighted by molar-refractivity contribution is -0.163. The molecule has 1 saturated heterocycles. The van der Waals surface area contributed by atoms with Gasteiger partial charge in [-0.3, -0.25) is 19.3 Å². The van der Waals surface area contributed by atoms with E-state index in [0.717, 1.165) is 0 Å². The van der Waals surface area contributed by atoms with Crippen molar-refractivity contribution in [3.8, 4) is 0 Å². The largest absolute Gasteiger partial charge is 0.468 e. The van der Waals surface area contributed by atoms with Crippen molar-refractivity contribution in [1.82, 2.24) is 9.80 Å². The fourth-order valence-electron chi connectivity index (χ4n) is 2.22. The third-order valence-corrected chi connectivity index (χ3v) is 4.30. The predicted molar refractivity (Wildman–Crippen MR) is 74.1 cm³/mol. The lowest BCUT2D eigenvalue weighted by Gasteiger charge is -2.42. The van der Waals surface area contributed by atoms with E-state index in [9.17, 15) is 14.4 Å². The zero-order valence-corrected chi connectivity index (χ0v) is 13.1. The van der Waals surface area contributed by atoms with E-state index in [1.807, 2.05) is 32.8 Å². The summed E-state index contributed by atoms with van der Waals surface area (Å²) in [5.74, 6) is -0.844. The molecule has 1 amide bonds. The molecule has 0 bridgehead atoms. The Bertz CT molecular complexity index is 421. The number of hydrogen-bond donors (Lipinski definition) is 0. The minimum absolute atomic E-state index is 0.0780. The van der Waals surface area contributed by atoms with Crippen LogP contribution in [0.3, 0.4) is 0 Å². The van der Waals surface area contributed by atoms with E-state index in [0.29, 0.717) is 6.54 Å². The van der Waals surface area contributed by atoms with Gasteiger partial charge in [-0.2, -0.15) is 0 Å². The van der Waals surface area contributed by atoms with Gasteiger partial charge in [-0.1, -0.05) is 0 Å². The number of likely N-dealkylation sites (tertiary alicyclic amines) is 1. The molecule has 0 aromatic heterocycles. The van der Waals surface area contributed by atoms with Crippen molar-refractivity contribution in [3.63, 3.8) is 0 Å². The molecule has 1 heterocycles. The maximum Gasteiger partial charge on any atom is 0.320 e.